The SMILES string of the molecule is [O-][S+](Cc1ccc(C(F)(F)F)cc1)c1cccc(Cl)c1. The summed E-state index contributed by atoms with van der Waals surface area (Å²) >= 11 is 4.47. The van der Waals surface area contributed by atoms with E-state index in [1.165, 1.54) is 12.1 Å². The van der Waals surface area contributed by atoms with Gasteiger partial charge in [0.1, 0.15) is 5.75 Å². The minimum absolute atomic E-state index is 0.151. The average Bonchev–Trinajstić information content (AvgIpc) is 2.38. The van der Waals surface area contributed by atoms with Crippen molar-refractivity contribution in [3.8, 4) is 0 Å². The first-order valence-electron chi connectivity index (χ1n) is 5.66. The summed E-state index contributed by atoms with van der Waals surface area (Å²) in [7, 11) is 0. The van der Waals surface area contributed by atoms with Gasteiger partial charge in [-0.05, 0) is 35.4 Å². The van der Waals surface area contributed by atoms with E-state index in [4.69, 9.17) is 11.6 Å². The highest BCUT2D eigenvalue weighted by atomic mass is 35.5. The predicted molar refractivity (Wildman–Crippen MR) is 73.0 cm³/mol. The largest absolute Gasteiger partial charge is 0.611 e. The molecule has 0 bridgehead atoms. The van der Waals surface area contributed by atoms with Gasteiger partial charge in [0.25, 0.3) is 0 Å². The molecule has 2 rings (SSSR count). The summed E-state index contributed by atoms with van der Waals surface area (Å²) in [5, 5.41) is 0.475. The third kappa shape index (κ3) is 3.91. The molecule has 0 aliphatic rings. The van der Waals surface area contributed by atoms with E-state index >= 15 is 0 Å². The van der Waals surface area contributed by atoms with Crippen LogP contribution >= 0.6 is 11.6 Å². The van der Waals surface area contributed by atoms with Gasteiger partial charge in [-0.3, -0.25) is 0 Å². The molecule has 1 nitrogen and oxygen atoms in total. The van der Waals surface area contributed by atoms with Gasteiger partial charge in [0.15, 0.2) is 4.90 Å². The molecule has 0 N–H and O–H groups in total. The van der Waals surface area contributed by atoms with Crippen molar-refractivity contribution in [1.29, 1.82) is 0 Å². The molecular weight excluding hydrogens is 309 g/mol. The van der Waals surface area contributed by atoms with Gasteiger partial charge in [-0.1, -0.05) is 29.8 Å². The highest BCUT2D eigenvalue weighted by Gasteiger charge is 2.30. The summed E-state index contributed by atoms with van der Waals surface area (Å²) in [4.78, 5) is 0.553. The van der Waals surface area contributed by atoms with Crippen molar-refractivity contribution < 1.29 is 17.7 Å². The molecule has 6 heteroatoms. The fraction of sp³-hybridized carbons (Fsp3) is 0.143. The summed E-state index contributed by atoms with van der Waals surface area (Å²) in [5.74, 6) is 0.151. The minimum atomic E-state index is -4.36. The average molecular weight is 319 g/mol. The van der Waals surface area contributed by atoms with Gasteiger partial charge in [0.05, 0.1) is 5.56 Å². The van der Waals surface area contributed by atoms with Crippen molar-refractivity contribution >= 4 is 22.8 Å². The normalized spacial score (nSPS) is 13.2. The van der Waals surface area contributed by atoms with E-state index in [2.05, 4.69) is 0 Å². The van der Waals surface area contributed by atoms with Crippen molar-refractivity contribution in [3.05, 3.63) is 64.7 Å². The number of halogens is 4. The molecule has 106 valence electrons. The van der Waals surface area contributed by atoms with E-state index in [-0.39, 0.29) is 5.75 Å². The third-order valence-corrected chi connectivity index (χ3v) is 4.25. The lowest BCUT2D eigenvalue weighted by Crippen LogP contribution is -2.07. The van der Waals surface area contributed by atoms with E-state index < -0.39 is 22.9 Å². The summed E-state index contributed by atoms with van der Waals surface area (Å²) in [5.41, 5.74) is -0.133. The highest BCUT2D eigenvalue weighted by Crippen LogP contribution is 2.29. The van der Waals surface area contributed by atoms with Crippen LogP contribution in [0.3, 0.4) is 0 Å². The summed E-state index contributed by atoms with van der Waals surface area (Å²) < 4.78 is 49.3. The maximum absolute atomic E-state index is 12.4. The zero-order valence-corrected chi connectivity index (χ0v) is 11.7. The fourth-order valence-corrected chi connectivity index (χ4v) is 3.04. The van der Waals surface area contributed by atoms with Crippen molar-refractivity contribution in [1.82, 2.24) is 0 Å². The van der Waals surface area contributed by atoms with Gasteiger partial charge in [-0.2, -0.15) is 13.2 Å². The number of benzene rings is 2. The maximum atomic E-state index is 12.4. The highest BCUT2D eigenvalue weighted by molar-refractivity contribution is 7.90. The van der Waals surface area contributed by atoms with Gasteiger partial charge in [0.2, 0.25) is 0 Å². The molecule has 0 radical (unpaired) electrons. The van der Waals surface area contributed by atoms with Crippen molar-refractivity contribution in [2.75, 3.05) is 0 Å². The molecule has 0 heterocycles. The van der Waals surface area contributed by atoms with Crippen LogP contribution < -0.4 is 0 Å². The molecule has 0 aliphatic carbocycles. The summed E-state index contributed by atoms with van der Waals surface area (Å²) in [6.45, 7) is 0. The first-order valence-corrected chi connectivity index (χ1v) is 7.36. The fourth-order valence-electron chi connectivity index (χ4n) is 1.63. The van der Waals surface area contributed by atoms with Crippen LogP contribution in [0.2, 0.25) is 5.02 Å². The van der Waals surface area contributed by atoms with Crippen LogP contribution in [0.1, 0.15) is 11.1 Å². The summed E-state index contributed by atoms with van der Waals surface area (Å²) in [6, 6.07) is 11.3. The Labute approximate surface area is 122 Å². The number of rotatable bonds is 3. The van der Waals surface area contributed by atoms with E-state index in [1.807, 2.05) is 0 Å². The van der Waals surface area contributed by atoms with Crippen LogP contribution in [0.5, 0.6) is 0 Å². The molecule has 0 aliphatic heterocycles. The Morgan fingerprint density at radius 2 is 1.70 bits per heavy atom. The van der Waals surface area contributed by atoms with E-state index in [1.54, 1.807) is 24.3 Å². The molecule has 1 unspecified atom stereocenters. The van der Waals surface area contributed by atoms with E-state index in [0.717, 1.165) is 12.1 Å². The lowest BCUT2D eigenvalue weighted by molar-refractivity contribution is -0.137. The van der Waals surface area contributed by atoms with Gasteiger partial charge >= 0.3 is 6.18 Å². The van der Waals surface area contributed by atoms with Gasteiger partial charge in [-0.25, -0.2) is 0 Å². The Morgan fingerprint density at radius 3 is 2.25 bits per heavy atom. The molecule has 0 saturated heterocycles. The third-order valence-electron chi connectivity index (χ3n) is 2.64. The maximum Gasteiger partial charge on any atom is 0.416 e. The lowest BCUT2D eigenvalue weighted by atomic mass is 10.1. The van der Waals surface area contributed by atoms with Crippen LogP contribution in [-0.4, -0.2) is 4.55 Å². The minimum Gasteiger partial charge on any atom is -0.611 e. The van der Waals surface area contributed by atoms with Gasteiger partial charge in [-0.15, -0.1) is 0 Å². The van der Waals surface area contributed by atoms with E-state index in [0.29, 0.717) is 15.5 Å². The van der Waals surface area contributed by atoms with Gasteiger partial charge in [0, 0.05) is 16.7 Å². The zero-order valence-electron chi connectivity index (χ0n) is 10.2. The molecule has 0 aromatic heterocycles. The second kappa shape index (κ2) is 6.08. The van der Waals surface area contributed by atoms with Gasteiger partial charge < -0.3 is 4.55 Å². The molecule has 0 fully saturated rings. The summed E-state index contributed by atoms with van der Waals surface area (Å²) in [6.07, 6.45) is -4.36. The Balaban J connectivity index is 2.10. The second-order valence-corrected chi connectivity index (χ2v) is 6.03. The number of hydrogen-bond donors (Lipinski definition) is 0. The monoisotopic (exact) mass is 318 g/mol. The van der Waals surface area contributed by atoms with E-state index in [9.17, 15) is 17.7 Å². The van der Waals surface area contributed by atoms with Crippen LogP contribution in [0.4, 0.5) is 13.2 Å². The molecule has 2 aromatic rings. The number of hydrogen-bond acceptors (Lipinski definition) is 1. The molecule has 20 heavy (non-hydrogen) atoms. The molecule has 1 atom stereocenters. The van der Waals surface area contributed by atoms with Crippen LogP contribution in [0.25, 0.3) is 0 Å². The first kappa shape index (κ1) is 15.2. The molecule has 0 amide bonds. The molecule has 0 saturated carbocycles. The number of alkyl halides is 3. The van der Waals surface area contributed by atoms with Crippen LogP contribution in [0, 0.1) is 0 Å². The molecule has 0 spiro atoms. The van der Waals surface area contributed by atoms with Crippen LogP contribution in [-0.2, 0) is 23.1 Å². The topological polar surface area (TPSA) is 23.1 Å². The smallest absolute Gasteiger partial charge is 0.416 e. The van der Waals surface area contributed by atoms with Crippen molar-refractivity contribution in [3.63, 3.8) is 0 Å². The van der Waals surface area contributed by atoms with Crippen LogP contribution in [0.15, 0.2) is 53.4 Å². The molecule has 2 aromatic carbocycles. The quantitative estimate of drug-likeness (QED) is 0.754. The Kier molecular flexibility index (Phi) is 4.62. The predicted octanol–water partition coefficient (Wildman–Crippen LogP) is 4.67. The standard InChI is InChI=1S/C14H10ClF3OS/c15-12-2-1-3-13(8-12)20(19)9-10-4-6-11(7-5-10)14(16,17)18/h1-8H,9H2. The van der Waals surface area contributed by atoms with Crippen molar-refractivity contribution in [2.24, 2.45) is 0 Å². The zero-order chi connectivity index (χ0) is 14.8. The Hall–Kier alpha value is -1.17. The molecular formula is C14H10ClF3OS. The Morgan fingerprint density at radius 1 is 1.05 bits per heavy atom. The first-order chi connectivity index (χ1) is 9.36. The lowest BCUT2D eigenvalue weighted by Gasteiger charge is -2.11. The Bertz CT molecular complexity index is 584. The van der Waals surface area contributed by atoms with Crippen molar-refractivity contribution in [2.45, 2.75) is 16.8 Å². The second-order valence-electron chi connectivity index (χ2n) is 4.14.